The number of rotatable bonds is 4. The van der Waals surface area contributed by atoms with Crippen molar-refractivity contribution in [2.24, 2.45) is 5.92 Å². The van der Waals surface area contributed by atoms with Crippen LogP contribution in [0.1, 0.15) is 38.2 Å². The van der Waals surface area contributed by atoms with E-state index < -0.39 is 0 Å². The molecule has 2 rings (SSSR count). The Morgan fingerprint density at radius 3 is 2.64 bits per heavy atom. The molecule has 0 bridgehead atoms. The van der Waals surface area contributed by atoms with Crippen molar-refractivity contribution in [3.8, 4) is 0 Å². The lowest BCUT2D eigenvalue weighted by Crippen LogP contribution is -2.39. The highest BCUT2D eigenvalue weighted by Gasteiger charge is 2.24. The van der Waals surface area contributed by atoms with Gasteiger partial charge in [-0.3, -0.25) is 0 Å². The molecule has 0 spiro atoms. The number of aryl methyl sites for hydroxylation is 1. The summed E-state index contributed by atoms with van der Waals surface area (Å²) in [5.74, 6) is 3.07. The Hall–Kier alpha value is -0.760. The summed E-state index contributed by atoms with van der Waals surface area (Å²) in [6.07, 6.45) is 3.63. The summed E-state index contributed by atoms with van der Waals surface area (Å²) in [6, 6.07) is 4.87. The third-order valence-electron chi connectivity index (χ3n) is 3.00. The van der Waals surface area contributed by atoms with Gasteiger partial charge in [0.05, 0.1) is 6.54 Å². The Balaban J connectivity index is 1.75. The lowest BCUT2D eigenvalue weighted by atomic mass is 9.82. The molecule has 0 radical (unpaired) electrons. The van der Waals surface area contributed by atoms with Crippen molar-refractivity contribution in [3.05, 3.63) is 23.7 Å². The van der Waals surface area contributed by atoms with E-state index in [1.165, 1.54) is 12.8 Å². The molecule has 0 saturated heterocycles. The maximum Gasteiger partial charge on any atom is 0.117 e. The lowest BCUT2D eigenvalue weighted by Gasteiger charge is -2.33. The van der Waals surface area contributed by atoms with Crippen LogP contribution in [0.2, 0.25) is 0 Å². The first-order valence-corrected chi connectivity index (χ1v) is 5.59. The molecule has 0 atom stereocenters. The molecular formula is C12H19NO. The topological polar surface area (TPSA) is 25.2 Å². The zero-order valence-electron chi connectivity index (χ0n) is 9.05. The maximum absolute atomic E-state index is 5.62. The van der Waals surface area contributed by atoms with Crippen molar-refractivity contribution in [2.45, 2.75) is 45.7 Å². The number of furan rings is 1. The summed E-state index contributed by atoms with van der Waals surface area (Å²) in [4.78, 5) is 0. The van der Waals surface area contributed by atoms with E-state index in [0.717, 1.165) is 36.4 Å². The molecule has 1 aliphatic carbocycles. The predicted octanol–water partition coefficient (Wildman–Crippen LogP) is 2.73. The highest BCUT2D eigenvalue weighted by atomic mass is 16.3. The third kappa shape index (κ3) is 2.18. The molecule has 1 heterocycles. The van der Waals surface area contributed by atoms with Crippen LogP contribution in [0.3, 0.4) is 0 Å². The lowest BCUT2D eigenvalue weighted by molar-refractivity contribution is 0.235. The zero-order chi connectivity index (χ0) is 9.97. The molecule has 1 aliphatic rings. The van der Waals surface area contributed by atoms with Gasteiger partial charge in [0.2, 0.25) is 0 Å². The van der Waals surface area contributed by atoms with Crippen LogP contribution in [0.25, 0.3) is 0 Å². The van der Waals surface area contributed by atoms with Crippen LogP contribution in [0.5, 0.6) is 0 Å². The predicted molar refractivity (Wildman–Crippen MR) is 57.1 cm³/mol. The van der Waals surface area contributed by atoms with Gasteiger partial charge in [-0.05, 0) is 30.9 Å². The van der Waals surface area contributed by atoms with E-state index in [2.05, 4.69) is 31.3 Å². The number of hydrogen-bond acceptors (Lipinski definition) is 2. The molecule has 0 unspecified atom stereocenters. The molecule has 0 amide bonds. The second-order valence-corrected chi connectivity index (χ2v) is 4.38. The summed E-state index contributed by atoms with van der Waals surface area (Å²) < 4.78 is 5.62. The van der Waals surface area contributed by atoms with Gasteiger partial charge in [-0.1, -0.05) is 13.8 Å². The van der Waals surface area contributed by atoms with E-state index in [0.29, 0.717) is 0 Å². The highest BCUT2D eigenvalue weighted by Crippen LogP contribution is 2.26. The Bertz CT molecular complexity index is 286. The first-order chi connectivity index (χ1) is 6.78. The standard InChI is InChI=1S/C12H19NO/c1-3-11-4-5-12(14-11)8-13-10-6-9(2)7-10/h4-5,9-10,13H,3,6-8H2,1-2H3. The van der Waals surface area contributed by atoms with Gasteiger partial charge >= 0.3 is 0 Å². The van der Waals surface area contributed by atoms with E-state index in [1.54, 1.807) is 0 Å². The van der Waals surface area contributed by atoms with Crippen LogP contribution in [0.15, 0.2) is 16.5 Å². The average molecular weight is 193 g/mol. The molecule has 0 aromatic carbocycles. The highest BCUT2D eigenvalue weighted by molar-refractivity contribution is 5.07. The summed E-state index contributed by atoms with van der Waals surface area (Å²) >= 11 is 0. The Morgan fingerprint density at radius 1 is 1.36 bits per heavy atom. The van der Waals surface area contributed by atoms with E-state index in [4.69, 9.17) is 4.42 Å². The smallest absolute Gasteiger partial charge is 0.117 e. The molecule has 1 aromatic heterocycles. The van der Waals surface area contributed by atoms with Crippen LogP contribution in [-0.4, -0.2) is 6.04 Å². The number of hydrogen-bond donors (Lipinski definition) is 1. The van der Waals surface area contributed by atoms with Gasteiger partial charge in [0, 0.05) is 12.5 Å². The Morgan fingerprint density at radius 2 is 2.07 bits per heavy atom. The largest absolute Gasteiger partial charge is 0.465 e. The molecule has 1 fully saturated rings. The molecule has 14 heavy (non-hydrogen) atoms. The Labute approximate surface area is 85.7 Å². The number of nitrogens with one attached hydrogen (secondary N) is 1. The molecule has 2 nitrogen and oxygen atoms in total. The minimum Gasteiger partial charge on any atom is -0.465 e. The molecule has 1 aromatic rings. The normalized spacial score (nSPS) is 26.1. The maximum atomic E-state index is 5.62. The van der Waals surface area contributed by atoms with Gasteiger partial charge in [-0.15, -0.1) is 0 Å². The van der Waals surface area contributed by atoms with Crippen LogP contribution < -0.4 is 5.32 Å². The molecular weight excluding hydrogens is 174 g/mol. The van der Waals surface area contributed by atoms with Gasteiger partial charge in [-0.25, -0.2) is 0 Å². The second-order valence-electron chi connectivity index (χ2n) is 4.38. The quantitative estimate of drug-likeness (QED) is 0.795. The van der Waals surface area contributed by atoms with Gasteiger partial charge in [-0.2, -0.15) is 0 Å². The van der Waals surface area contributed by atoms with Crippen molar-refractivity contribution in [1.29, 1.82) is 0 Å². The van der Waals surface area contributed by atoms with Gasteiger partial charge in [0.15, 0.2) is 0 Å². The fraction of sp³-hybridized carbons (Fsp3) is 0.667. The molecule has 2 heteroatoms. The van der Waals surface area contributed by atoms with E-state index in [9.17, 15) is 0 Å². The Kier molecular flexibility index (Phi) is 2.92. The minimum absolute atomic E-state index is 0.722. The first kappa shape index (κ1) is 9.78. The summed E-state index contributed by atoms with van der Waals surface area (Å²) in [5.41, 5.74) is 0. The van der Waals surface area contributed by atoms with Gasteiger partial charge in [0.1, 0.15) is 11.5 Å². The van der Waals surface area contributed by atoms with E-state index >= 15 is 0 Å². The van der Waals surface area contributed by atoms with Crippen molar-refractivity contribution < 1.29 is 4.42 Å². The molecule has 78 valence electrons. The third-order valence-corrected chi connectivity index (χ3v) is 3.00. The molecule has 0 aliphatic heterocycles. The van der Waals surface area contributed by atoms with Crippen molar-refractivity contribution >= 4 is 0 Å². The minimum atomic E-state index is 0.722. The van der Waals surface area contributed by atoms with Crippen LogP contribution in [0.4, 0.5) is 0 Å². The summed E-state index contributed by atoms with van der Waals surface area (Å²) in [6.45, 7) is 5.31. The van der Waals surface area contributed by atoms with Crippen LogP contribution in [0, 0.1) is 5.92 Å². The van der Waals surface area contributed by atoms with Crippen molar-refractivity contribution in [3.63, 3.8) is 0 Å². The van der Waals surface area contributed by atoms with Crippen LogP contribution >= 0.6 is 0 Å². The van der Waals surface area contributed by atoms with Crippen molar-refractivity contribution in [2.75, 3.05) is 0 Å². The van der Waals surface area contributed by atoms with E-state index in [-0.39, 0.29) is 0 Å². The molecule has 1 saturated carbocycles. The summed E-state index contributed by atoms with van der Waals surface area (Å²) in [7, 11) is 0. The second kappa shape index (κ2) is 4.18. The SMILES string of the molecule is CCc1ccc(CNC2CC(C)C2)o1. The molecule has 1 N–H and O–H groups in total. The monoisotopic (exact) mass is 193 g/mol. The fourth-order valence-corrected chi connectivity index (χ4v) is 2.02. The van der Waals surface area contributed by atoms with Crippen LogP contribution in [-0.2, 0) is 13.0 Å². The first-order valence-electron chi connectivity index (χ1n) is 5.59. The van der Waals surface area contributed by atoms with Gasteiger partial charge in [0.25, 0.3) is 0 Å². The zero-order valence-corrected chi connectivity index (χ0v) is 9.05. The average Bonchev–Trinajstić information content (AvgIpc) is 2.58. The fourth-order valence-electron chi connectivity index (χ4n) is 2.02. The van der Waals surface area contributed by atoms with E-state index in [1.807, 2.05) is 0 Å². The van der Waals surface area contributed by atoms with Crippen molar-refractivity contribution in [1.82, 2.24) is 5.32 Å². The summed E-state index contributed by atoms with van der Waals surface area (Å²) in [5, 5.41) is 3.51. The van der Waals surface area contributed by atoms with Gasteiger partial charge < -0.3 is 9.73 Å².